The summed E-state index contributed by atoms with van der Waals surface area (Å²) in [6.45, 7) is 9.23. The fraction of sp³-hybridized carbons (Fsp3) is 0.588. The monoisotopic (exact) mass is 306 g/mol. The van der Waals surface area contributed by atoms with Gasteiger partial charge in [0.15, 0.2) is 0 Å². The number of hydrogen-bond donors (Lipinski definition) is 1. The number of amides is 1. The van der Waals surface area contributed by atoms with Gasteiger partial charge >= 0.3 is 0 Å². The third-order valence-electron chi connectivity index (χ3n) is 4.26. The van der Waals surface area contributed by atoms with Gasteiger partial charge in [-0.1, -0.05) is 11.6 Å². The second kappa shape index (κ2) is 7.11. The van der Waals surface area contributed by atoms with E-state index in [9.17, 15) is 9.90 Å². The Balaban J connectivity index is 2.04. The highest BCUT2D eigenvalue weighted by Gasteiger charge is 2.23. The molecule has 1 aliphatic rings. The molecular formula is C17H26N2O3. The number of benzene rings is 1. The summed E-state index contributed by atoms with van der Waals surface area (Å²) in [5.74, 6) is 0.886. The van der Waals surface area contributed by atoms with Crippen molar-refractivity contribution in [3.8, 4) is 5.75 Å². The van der Waals surface area contributed by atoms with E-state index < -0.39 is 6.10 Å². The lowest BCUT2D eigenvalue weighted by atomic mass is 10.0. The molecule has 1 saturated heterocycles. The summed E-state index contributed by atoms with van der Waals surface area (Å²) in [7, 11) is 1.64. The van der Waals surface area contributed by atoms with Crippen molar-refractivity contribution in [3.63, 3.8) is 0 Å². The molecule has 0 radical (unpaired) electrons. The van der Waals surface area contributed by atoms with Gasteiger partial charge in [0.1, 0.15) is 5.75 Å². The normalized spacial score (nSPS) is 17.4. The molecule has 5 nitrogen and oxygen atoms in total. The first-order valence-corrected chi connectivity index (χ1v) is 7.73. The van der Waals surface area contributed by atoms with Gasteiger partial charge in [-0.15, -0.1) is 0 Å². The average molecular weight is 306 g/mol. The third kappa shape index (κ3) is 3.78. The van der Waals surface area contributed by atoms with Crippen LogP contribution >= 0.6 is 0 Å². The Kier molecular flexibility index (Phi) is 5.42. The van der Waals surface area contributed by atoms with Gasteiger partial charge in [-0.3, -0.25) is 9.69 Å². The van der Waals surface area contributed by atoms with Crippen LogP contribution in [0.3, 0.4) is 0 Å². The molecule has 122 valence electrons. The van der Waals surface area contributed by atoms with Crippen molar-refractivity contribution in [2.45, 2.75) is 26.9 Å². The Morgan fingerprint density at radius 2 is 1.91 bits per heavy atom. The quantitative estimate of drug-likeness (QED) is 0.916. The molecule has 0 bridgehead atoms. The number of aryl methyl sites for hydroxylation is 2. The molecule has 1 aliphatic heterocycles. The van der Waals surface area contributed by atoms with Crippen LogP contribution in [0.2, 0.25) is 0 Å². The lowest BCUT2D eigenvalue weighted by Crippen LogP contribution is -2.48. The van der Waals surface area contributed by atoms with Crippen LogP contribution in [0.15, 0.2) is 12.1 Å². The van der Waals surface area contributed by atoms with Crippen LogP contribution in [0.25, 0.3) is 0 Å². The minimum Gasteiger partial charge on any atom is -0.496 e. The number of β-amino-alcohol motifs (C(OH)–C–C–N with tert-alkyl or cyclic N) is 1. The molecule has 0 aliphatic carbocycles. The topological polar surface area (TPSA) is 53.0 Å². The van der Waals surface area contributed by atoms with E-state index in [0.29, 0.717) is 6.54 Å². The van der Waals surface area contributed by atoms with Crippen LogP contribution in [-0.4, -0.2) is 60.6 Å². The maximum Gasteiger partial charge on any atom is 0.219 e. The zero-order valence-corrected chi connectivity index (χ0v) is 13.9. The minimum atomic E-state index is -0.586. The van der Waals surface area contributed by atoms with E-state index in [0.717, 1.165) is 48.6 Å². The van der Waals surface area contributed by atoms with Crippen molar-refractivity contribution in [3.05, 3.63) is 28.8 Å². The van der Waals surface area contributed by atoms with Crippen LogP contribution in [-0.2, 0) is 4.79 Å². The van der Waals surface area contributed by atoms with Crippen molar-refractivity contribution in [1.82, 2.24) is 9.80 Å². The Hall–Kier alpha value is -1.59. The number of hydrogen-bond acceptors (Lipinski definition) is 4. The number of rotatable bonds is 4. The zero-order valence-electron chi connectivity index (χ0n) is 13.9. The Morgan fingerprint density at radius 3 is 2.45 bits per heavy atom. The van der Waals surface area contributed by atoms with E-state index in [1.807, 2.05) is 24.8 Å². The molecule has 1 unspecified atom stereocenters. The van der Waals surface area contributed by atoms with Crippen molar-refractivity contribution in [1.29, 1.82) is 0 Å². The molecule has 1 heterocycles. The fourth-order valence-electron chi connectivity index (χ4n) is 3.10. The predicted molar refractivity (Wildman–Crippen MR) is 86.1 cm³/mol. The van der Waals surface area contributed by atoms with Gasteiger partial charge in [-0.2, -0.15) is 0 Å². The standard InChI is InChI=1S/C17H26N2O3/c1-12-9-13(2)17(22-4)15(10-12)16(21)11-18-5-7-19(8-6-18)14(3)20/h9-10,16,21H,5-8,11H2,1-4H3. The summed E-state index contributed by atoms with van der Waals surface area (Å²) in [4.78, 5) is 15.4. The molecule has 1 fully saturated rings. The summed E-state index contributed by atoms with van der Waals surface area (Å²) < 4.78 is 5.46. The highest BCUT2D eigenvalue weighted by Crippen LogP contribution is 2.30. The van der Waals surface area contributed by atoms with Crippen molar-refractivity contribution in [2.24, 2.45) is 0 Å². The van der Waals surface area contributed by atoms with E-state index in [1.54, 1.807) is 14.0 Å². The molecular weight excluding hydrogens is 280 g/mol. The van der Waals surface area contributed by atoms with Crippen LogP contribution in [0.4, 0.5) is 0 Å². The summed E-state index contributed by atoms with van der Waals surface area (Å²) in [6.07, 6.45) is -0.586. The number of piperazine rings is 1. The Morgan fingerprint density at radius 1 is 1.27 bits per heavy atom. The highest BCUT2D eigenvalue weighted by molar-refractivity contribution is 5.73. The summed E-state index contributed by atoms with van der Waals surface area (Å²) in [5, 5.41) is 10.6. The van der Waals surface area contributed by atoms with Gasteiger partial charge < -0.3 is 14.7 Å². The van der Waals surface area contributed by atoms with Gasteiger partial charge in [-0.05, 0) is 25.5 Å². The van der Waals surface area contributed by atoms with Gasteiger partial charge in [0, 0.05) is 45.2 Å². The number of carbonyl (C=O) groups is 1. The van der Waals surface area contributed by atoms with E-state index in [2.05, 4.69) is 11.0 Å². The molecule has 1 aromatic carbocycles. The minimum absolute atomic E-state index is 0.121. The number of aliphatic hydroxyl groups excluding tert-OH is 1. The van der Waals surface area contributed by atoms with Crippen molar-refractivity contribution >= 4 is 5.91 Å². The molecule has 1 N–H and O–H groups in total. The average Bonchev–Trinajstić information content (AvgIpc) is 2.47. The van der Waals surface area contributed by atoms with Crippen LogP contribution in [0.5, 0.6) is 5.75 Å². The summed E-state index contributed by atoms with van der Waals surface area (Å²) >= 11 is 0. The summed E-state index contributed by atoms with van der Waals surface area (Å²) in [6, 6.07) is 4.04. The Bertz CT molecular complexity index is 537. The predicted octanol–water partition coefficient (Wildman–Crippen LogP) is 1.51. The third-order valence-corrected chi connectivity index (χ3v) is 4.26. The van der Waals surface area contributed by atoms with Gasteiger partial charge in [0.25, 0.3) is 0 Å². The first kappa shape index (κ1) is 16.8. The molecule has 1 atom stereocenters. The number of aliphatic hydroxyl groups is 1. The van der Waals surface area contributed by atoms with Crippen molar-refractivity contribution in [2.75, 3.05) is 39.8 Å². The first-order chi connectivity index (χ1) is 10.4. The largest absolute Gasteiger partial charge is 0.496 e. The molecule has 2 rings (SSSR count). The molecule has 0 spiro atoms. The Labute approximate surface area is 132 Å². The number of carbonyl (C=O) groups excluding carboxylic acids is 1. The summed E-state index contributed by atoms with van der Waals surface area (Å²) in [5.41, 5.74) is 3.00. The lowest BCUT2D eigenvalue weighted by Gasteiger charge is -2.35. The number of ether oxygens (including phenoxy) is 1. The SMILES string of the molecule is COc1c(C)cc(C)cc1C(O)CN1CCN(C(C)=O)CC1. The van der Waals surface area contributed by atoms with Gasteiger partial charge in [0.05, 0.1) is 13.2 Å². The lowest BCUT2D eigenvalue weighted by molar-refractivity contribution is -0.130. The molecule has 1 aromatic rings. The maximum atomic E-state index is 11.3. The van der Waals surface area contributed by atoms with Crippen LogP contribution < -0.4 is 4.74 Å². The van der Waals surface area contributed by atoms with E-state index in [1.165, 1.54) is 0 Å². The number of methoxy groups -OCH3 is 1. The van der Waals surface area contributed by atoms with Crippen LogP contribution in [0, 0.1) is 13.8 Å². The first-order valence-electron chi connectivity index (χ1n) is 7.73. The maximum absolute atomic E-state index is 11.3. The van der Waals surface area contributed by atoms with Gasteiger partial charge in [0.2, 0.25) is 5.91 Å². The van der Waals surface area contributed by atoms with Gasteiger partial charge in [-0.25, -0.2) is 0 Å². The molecule has 0 aromatic heterocycles. The molecule has 0 saturated carbocycles. The molecule has 22 heavy (non-hydrogen) atoms. The van der Waals surface area contributed by atoms with Crippen LogP contribution in [0.1, 0.15) is 29.7 Å². The van der Waals surface area contributed by atoms with E-state index >= 15 is 0 Å². The zero-order chi connectivity index (χ0) is 16.3. The molecule has 5 heteroatoms. The highest BCUT2D eigenvalue weighted by atomic mass is 16.5. The molecule has 1 amide bonds. The smallest absolute Gasteiger partial charge is 0.219 e. The van der Waals surface area contributed by atoms with Crippen molar-refractivity contribution < 1.29 is 14.6 Å². The van der Waals surface area contributed by atoms with E-state index in [-0.39, 0.29) is 5.91 Å². The van der Waals surface area contributed by atoms with E-state index in [4.69, 9.17) is 4.74 Å². The second-order valence-electron chi connectivity index (χ2n) is 6.03. The number of nitrogens with zero attached hydrogens (tertiary/aromatic N) is 2. The fourth-order valence-corrected chi connectivity index (χ4v) is 3.10. The second-order valence-corrected chi connectivity index (χ2v) is 6.03.